The van der Waals surface area contributed by atoms with Gasteiger partial charge in [0.05, 0.1) is 24.5 Å². The van der Waals surface area contributed by atoms with E-state index in [9.17, 15) is 10.2 Å². The van der Waals surface area contributed by atoms with Gasteiger partial charge in [-0.05, 0) is 23.7 Å². The van der Waals surface area contributed by atoms with E-state index in [1.165, 1.54) is 10.9 Å². The fourth-order valence-electron chi connectivity index (χ4n) is 1.69. The van der Waals surface area contributed by atoms with Crippen molar-refractivity contribution in [3.05, 3.63) is 57.7 Å². The summed E-state index contributed by atoms with van der Waals surface area (Å²) in [6.07, 6.45) is 0.664. The van der Waals surface area contributed by atoms with E-state index >= 15 is 0 Å². The van der Waals surface area contributed by atoms with Gasteiger partial charge < -0.3 is 10.2 Å². The third-order valence-electron chi connectivity index (χ3n) is 2.71. The molecule has 2 unspecified atom stereocenters. The fraction of sp³-hybridized carbons (Fsp3) is 0.250. The number of aliphatic hydroxyl groups excluding tert-OH is 2. The molecular formula is C12H12ClN5O2. The molecular weight excluding hydrogens is 282 g/mol. The Kier molecular flexibility index (Phi) is 4.60. The van der Waals surface area contributed by atoms with Gasteiger partial charge in [0.1, 0.15) is 6.10 Å². The molecule has 2 atom stereocenters. The van der Waals surface area contributed by atoms with Crippen molar-refractivity contribution < 1.29 is 10.2 Å². The van der Waals surface area contributed by atoms with Gasteiger partial charge in [-0.1, -0.05) is 22.8 Å². The molecule has 8 heteroatoms. The molecule has 2 N–H and O–H groups in total. The van der Waals surface area contributed by atoms with Crippen molar-refractivity contribution in [3.8, 4) is 5.69 Å². The maximum absolute atomic E-state index is 9.92. The van der Waals surface area contributed by atoms with Crippen LogP contribution in [0.5, 0.6) is 0 Å². The Morgan fingerprint density at radius 2 is 2.25 bits per heavy atom. The molecule has 1 aromatic heterocycles. The fourth-order valence-corrected chi connectivity index (χ4v) is 1.88. The van der Waals surface area contributed by atoms with E-state index in [1.807, 2.05) is 6.07 Å². The number of halogens is 1. The van der Waals surface area contributed by atoms with Crippen LogP contribution in [-0.2, 0) is 0 Å². The number of benzene rings is 1. The maximum atomic E-state index is 9.92. The van der Waals surface area contributed by atoms with Crippen LogP contribution in [0.2, 0.25) is 5.02 Å². The molecule has 7 nitrogen and oxygen atoms in total. The highest BCUT2D eigenvalue weighted by Gasteiger charge is 2.19. The number of hydrogen-bond donors (Lipinski definition) is 2. The van der Waals surface area contributed by atoms with Crippen LogP contribution in [-0.4, -0.2) is 32.6 Å². The first kappa shape index (κ1) is 14.4. The van der Waals surface area contributed by atoms with Crippen molar-refractivity contribution in [2.45, 2.75) is 12.2 Å². The SMILES string of the molecule is [N-]=[N+]=NCC(O)C(O)c1cnn(-c2cccc(Cl)c2)c1. The summed E-state index contributed by atoms with van der Waals surface area (Å²) in [4.78, 5) is 2.53. The summed E-state index contributed by atoms with van der Waals surface area (Å²) in [5.41, 5.74) is 9.34. The van der Waals surface area contributed by atoms with E-state index in [1.54, 1.807) is 24.4 Å². The minimum atomic E-state index is -1.18. The third kappa shape index (κ3) is 3.28. The zero-order valence-electron chi connectivity index (χ0n) is 10.3. The summed E-state index contributed by atoms with van der Waals surface area (Å²) in [6.45, 7) is -0.208. The lowest BCUT2D eigenvalue weighted by molar-refractivity contribution is 0.0244. The standard InChI is InChI=1S/C12H12ClN5O2/c13-9-2-1-3-10(4-9)18-7-8(5-16-18)12(20)11(19)6-15-17-14/h1-5,7,11-12,19-20H,6H2. The number of aromatic nitrogens is 2. The van der Waals surface area contributed by atoms with Crippen LogP contribution in [0.1, 0.15) is 11.7 Å². The molecule has 0 aliphatic carbocycles. The Bertz CT molecular complexity index is 638. The minimum Gasteiger partial charge on any atom is -0.390 e. The Morgan fingerprint density at radius 3 is 2.95 bits per heavy atom. The van der Waals surface area contributed by atoms with Crippen molar-refractivity contribution in [2.75, 3.05) is 6.54 Å². The number of rotatable bonds is 5. The molecule has 0 aliphatic heterocycles. The van der Waals surface area contributed by atoms with Crippen LogP contribution < -0.4 is 0 Å². The second kappa shape index (κ2) is 6.40. The molecule has 0 saturated carbocycles. The molecule has 0 saturated heterocycles. The monoisotopic (exact) mass is 293 g/mol. The molecule has 2 aromatic rings. The van der Waals surface area contributed by atoms with Gasteiger partial charge in [-0.2, -0.15) is 5.10 Å². The van der Waals surface area contributed by atoms with Crippen LogP contribution in [0.25, 0.3) is 16.1 Å². The van der Waals surface area contributed by atoms with E-state index in [-0.39, 0.29) is 6.54 Å². The highest BCUT2D eigenvalue weighted by Crippen LogP contribution is 2.19. The minimum absolute atomic E-state index is 0.208. The lowest BCUT2D eigenvalue weighted by Gasteiger charge is -2.13. The lowest BCUT2D eigenvalue weighted by atomic mass is 10.1. The molecule has 0 spiro atoms. The van der Waals surface area contributed by atoms with E-state index in [4.69, 9.17) is 17.1 Å². The van der Waals surface area contributed by atoms with Gasteiger partial charge >= 0.3 is 0 Å². The van der Waals surface area contributed by atoms with Crippen LogP contribution in [0.15, 0.2) is 41.8 Å². The van der Waals surface area contributed by atoms with Crippen LogP contribution in [0, 0.1) is 0 Å². The topological polar surface area (TPSA) is 107 Å². The van der Waals surface area contributed by atoms with Crippen LogP contribution in [0.4, 0.5) is 0 Å². The predicted molar refractivity (Wildman–Crippen MR) is 73.6 cm³/mol. The molecule has 2 rings (SSSR count). The molecule has 20 heavy (non-hydrogen) atoms. The van der Waals surface area contributed by atoms with Crippen molar-refractivity contribution in [1.82, 2.24) is 9.78 Å². The lowest BCUT2D eigenvalue weighted by Crippen LogP contribution is -2.20. The van der Waals surface area contributed by atoms with Gasteiger partial charge in [-0.3, -0.25) is 0 Å². The molecule has 0 aliphatic rings. The maximum Gasteiger partial charge on any atom is 0.108 e. The van der Waals surface area contributed by atoms with Crippen LogP contribution in [0.3, 0.4) is 0 Å². The first-order chi connectivity index (χ1) is 9.61. The van der Waals surface area contributed by atoms with E-state index in [0.29, 0.717) is 10.6 Å². The highest BCUT2D eigenvalue weighted by molar-refractivity contribution is 6.30. The summed E-state index contributed by atoms with van der Waals surface area (Å²) < 4.78 is 1.53. The van der Waals surface area contributed by atoms with Gasteiger partial charge in [-0.25, -0.2) is 4.68 Å². The second-order valence-corrected chi connectivity index (χ2v) is 4.56. The molecule has 0 bridgehead atoms. The zero-order chi connectivity index (χ0) is 14.5. The van der Waals surface area contributed by atoms with Gasteiger partial charge in [0.2, 0.25) is 0 Å². The van der Waals surface area contributed by atoms with Crippen LogP contribution >= 0.6 is 11.6 Å². The first-order valence-electron chi connectivity index (χ1n) is 5.79. The Morgan fingerprint density at radius 1 is 1.45 bits per heavy atom. The molecule has 1 heterocycles. The largest absolute Gasteiger partial charge is 0.390 e. The summed E-state index contributed by atoms with van der Waals surface area (Å²) >= 11 is 5.89. The van der Waals surface area contributed by atoms with Crippen molar-refractivity contribution in [3.63, 3.8) is 0 Å². The summed E-state index contributed by atoms with van der Waals surface area (Å²) in [7, 11) is 0. The van der Waals surface area contributed by atoms with E-state index < -0.39 is 12.2 Å². The van der Waals surface area contributed by atoms with Crippen molar-refractivity contribution in [1.29, 1.82) is 0 Å². The predicted octanol–water partition coefficient (Wildman–Crippen LogP) is 2.23. The normalized spacial score (nSPS) is 13.6. The van der Waals surface area contributed by atoms with Gasteiger partial charge in [0.15, 0.2) is 0 Å². The molecule has 1 aromatic carbocycles. The molecule has 0 fully saturated rings. The molecule has 0 radical (unpaired) electrons. The van der Waals surface area contributed by atoms with Gasteiger partial charge in [-0.15, -0.1) is 0 Å². The Hall–Kier alpha value is -2.05. The number of azide groups is 1. The smallest absolute Gasteiger partial charge is 0.108 e. The average molecular weight is 294 g/mol. The summed E-state index contributed by atoms with van der Waals surface area (Å²) in [5.74, 6) is 0. The Balaban J connectivity index is 2.18. The molecule has 0 amide bonds. The number of aliphatic hydroxyl groups is 2. The molecule has 104 valence electrons. The van der Waals surface area contributed by atoms with E-state index in [0.717, 1.165) is 5.69 Å². The van der Waals surface area contributed by atoms with Gasteiger partial charge in [0.25, 0.3) is 0 Å². The van der Waals surface area contributed by atoms with Crippen molar-refractivity contribution >= 4 is 11.6 Å². The summed E-state index contributed by atoms with van der Waals surface area (Å²) in [6, 6.07) is 7.06. The zero-order valence-corrected chi connectivity index (χ0v) is 11.1. The summed E-state index contributed by atoms with van der Waals surface area (Å²) in [5, 5.41) is 27.5. The van der Waals surface area contributed by atoms with Gasteiger partial charge in [0, 0.05) is 21.7 Å². The quantitative estimate of drug-likeness (QED) is 0.501. The first-order valence-corrected chi connectivity index (χ1v) is 6.17. The van der Waals surface area contributed by atoms with E-state index in [2.05, 4.69) is 15.1 Å². The number of nitrogens with zero attached hydrogens (tertiary/aromatic N) is 5. The Labute approximate surface area is 119 Å². The number of hydrogen-bond acceptors (Lipinski definition) is 4. The average Bonchev–Trinajstić information content (AvgIpc) is 2.93. The van der Waals surface area contributed by atoms with Crippen molar-refractivity contribution in [2.24, 2.45) is 5.11 Å². The second-order valence-electron chi connectivity index (χ2n) is 4.12. The third-order valence-corrected chi connectivity index (χ3v) is 2.95. The highest BCUT2D eigenvalue weighted by atomic mass is 35.5.